The number of rotatable bonds is 6. The van der Waals surface area contributed by atoms with E-state index in [1.54, 1.807) is 5.38 Å². The maximum absolute atomic E-state index is 12.1. The lowest BCUT2D eigenvalue weighted by Gasteiger charge is -2.01. The lowest BCUT2D eigenvalue weighted by atomic mass is 10.1. The Morgan fingerprint density at radius 1 is 1.40 bits per heavy atom. The molecule has 0 bridgehead atoms. The first-order chi connectivity index (χ1) is 12.1. The predicted molar refractivity (Wildman–Crippen MR) is 92.6 cm³/mol. The van der Waals surface area contributed by atoms with Crippen LogP contribution in [-0.4, -0.2) is 23.8 Å². The average molecular weight is 361 g/mol. The summed E-state index contributed by atoms with van der Waals surface area (Å²) in [6.07, 6.45) is 3.15. The van der Waals surface area contributed by atoms with E-state index < -0.39 is 4.92 Å². The van der Waals surface area contributed by atoms with E-state index in [-0.39, 0.29) is 24.0 Å². The molecule has 3 rings (SSSR count). The van der Waals surface area contributed by atoms with Gasteiger partial charge in [0.05, 0.1) is 28.3 Å². The zero-order valence-electron chi connectivity index (χ0n) is 13.4. The van der Waals surface area contributed by atoms with Gasteiger partial charge >= 0.3 is 0 Å². The molecule has 1 aliphatic rings. The van der Waals surface area contributed by atoms with Gasteiger partial charge in [-0.2, -0.15) is 5.10 Å². The highest BCUT2D eigenvalue weighted by Crippen LogP contribution is 2.37. The van der Waals surface area contributed by atoms with Gasteiger partial charge in [0.25, 0.3) is 11.6 Å². The fraction of sp³-hybridized carbons (Fsp3) is 0.250. The van der Waals surface area contributed by atoms with E-state index in [0.717, 1.165) is 17.7 Å². The van der Waals surface area contributed by atoms with Crippen LogP contribution in [0.2, 0.25) is 0 Å². The summed E-state index contributed by atoms with van der Waals surface area (Å²) in [5.74, 6) is 0.355. The number of nitrogens with zero attached hydrogens (tertiary/aromatic N) is 2. The summed E-state index contributed by atoms with van der Waals surface area (Å²) in [6.45, 7) is 2.09. The molecule has 25 heavy (non-hydrogen) atoms. The summed E-state index contributed by atoms with van der Waals surface area (Å²) >= 11 is 1.52. The van der Waals surface area contributed by atoms with E-state index in [9.17, 15) is 14.9 Å². The van der Waals surface area contributed by atoms with Gasteiger partial charge in [0.2, 0.25) is 6.79 Å². The zero-order chi connectivity index (χ0) is 17.8. The molecule has 1 amide bonds. The number of carbonyl (C=O) groups is 1. The van der Waals surface area contributed by atoms with E-state index >= 15 is 0 Å². The van der Waals surface area contributed by atoms with Crippen LogP contribution in [0.1, 0.15) is 34.1 Å². The van der Waals surface area contributed by atoms with Crippen molar-refractivity contribution in [2.24, 2.45) is 5.10 Å². The van der Waals surface area contributed by atoms with Crippen molar-refractivity contribution in [2.45, 2.75) is 19.8 Å². The fourth-order valence-corrected chi connectivity index (χ4v) is 3.28. The number of amides is 1. The molecular formula is C16H15N3O5S. The Morgan fingerprint density at radius 2 is 2.16 bits per heavy atom. The van der Waals surface area contributed by atoms with Crippen LogP contribution in [0.5, 0.6) is 11.5 Å². The number of hydrogen-bond acceptors (Lipinski definition) is 7. The largest absolute Gasteiger partial charge is 0.454 e. The van der Waals surface area contributed by atoms with Crippen molar-refractivity contribution in [3.05, 3.63) is 49.7 Å². The summed E-state index contributed by atoms with van der Waals surface area (Å²) in [4.78, 5) is 23.8. The molecule has 1 aliphatic heterocycles. The number of nitro groups is 1. The van der Waals surface area contributed by atoms with Crippen LogP contribution in [0, 0.1) is 10.1 Å². The van der Waals surface area contributed by atoms with Crippen LogP contribution in [0.3, 0.4) is 0 Å². The number of nitrogens with one attached hydrogen (secondary N) is 1. The number of hydrogen-bond donors (Lipinski definition) is 1. The number of thiophene rings is 1. The summed E-state index contributed by atoms with van der Waals surface area (Å²) < 4.78 is 10.3. The molecule has 0 fully saturated rings. The number of nitro benzene ring substituents is 1. The van der Waals surface area contributed by atoms with Gasteiger partial charge in [-0.15, -0.1) is 11.3 Å². The third-order valence-corrected chi connectivity index (χ3v) is 4.50. The third kappa shape index (κ3) is 3.77. The van der Waals surface area contributed by atoms with Crippen molar-refractivity contribution in [2.75, 3.05) is 6.79 Å². The Labute approximate surface area is 147 Å². The minimum atomic E-state index is -0.541. The second-order valence-electron chi connectivity index (χ2n) is 5.27. The molecule has 0 atom stereocenters. The lowest BCUT2D eigenvalue weighted by molar-refractivity contribution is -0.385. The monoisotopic (exact) mass is 361 g/mol. The maximum Gasteiger partial charge on any atom is 0.282 e. The number of fused-ring (bicyclic) bond motifs is 1. The number of carbonyl (C=O) groups excluding carboxylic acids is 1. The van der Waals surface area contributed by atoms with E-state index in [1.165, 1.54) is 29.7 Å². The number of ether oxygens (including phenoxy) is 2. The van der Waals surface area contributed by atoms with Gasteiger partial charge in [-0.1, -0.05) is 13.3 Å². The van der Waals surface area contributed by atoms with E-state index in [0.29, 0.717) is 17.1 Å². The van der Waals surface area contributed by atoms with Crippen molar-refractivity contribution in [1.82, 2.24) is 5.43 Å². The van der Waals surface area contributed by atoms with Crippen LogP contribution < -0.4 is 14.9 Å². The van der Waals surface area contributed by atoms with Gasteiger partial charge in [-0.05, 0) is 18.6 Å². The molecular weight excluding hydrogens is 346 g/mol. The van der Waals surface area contributed by atoms with Gasteiger partial charge in [-0.25, -0.2) is 5.43 Å². The molecule has 1 N–H and O–H groups in total. The van der Waals surface area contributed by atoms with Crippen LogP contribution in [0.15, 0.2) is 28.7 Å². The molecule has 1 aromatic carbocycles. The average Bonchev–Trinajstić information content (AvgIpc) is 3.22. The van der Waals surface area contributed by atoms with Crippen molar-refractivity contribution < 1.29 is 19.2 Å². The topological polar surface area (TPSA) is 103 Å². The lowest BCUT2D eigenvalue weighted by Crippen LogP contribution is -2.16. The van der Waals surface area contributed by atoms with Gasteiger partial charge in [0.1, 0.15) is 0 Å². The molecule has 0 spiro atoms. The second kappa shape index (κ2) is 7.31. The normalized spacial score (nSPS) is 12.5. The fourth-order valence-electron chi connectivity index (χ4n) is 2.31. The molecule has 130 valence electrons. The van der Waals surface area contributed by atoms with Crippen molar-refractivity contribution in [1.29, 1.82) is 0 Å². The second-order valence-corrected chi connectivity index (χ2v) is 6.27. The SMILES string of the molecule is CCCc1cc(C(=O)NN=Cc2cc3c(cc2[N+](=O)[O-])OCO3)cs1. The van der Waals surface area contributed by atoms with Crippen molar-refractivity contribution in [3.8, 4) is 11.5 Å². The minimum Gasteiger partial charge on any atom is -0.454 e. The van der Waals surface area contributed by atoms with Crippen LogP contribution in [0.4, 0.5) is 5.69 Å². The highest BCUT2D eigenvalue weighted by molar-refractivity contribution is 7.10. The predicted octanol–water partition coefficient (Wildman–Crippen LogP) is 3.10. The van der Waals surface area contributed by atoms with E-state index in [4.69, 9.17) is 9.47 Å². The molecule has 9 heteroatoms. The van der Waals surface area contributed by atoms with Crippen molar-refractivity contribution in [3.63, 3.8) is 0 Å². The summed E-state index contributed by atoms with van der Waals surface area (Å²) in [7, 11) is 0. The first-order valence-corrected chi connectivity index (χ1v) is 8.45. The number of hydrazone groups is 1. The first-order valence-electron chi connectivity index (χ1n) is 7.57. The molecule has 2 aromatic rings. The molecule has 0 unspecified atom stereocenters. The van der Waals surface area contributed by atoms with Gasteiger partial charge in [-0.3, -0.25) is 14.9 Å². The number of aryl methyl sites for hydroxylation is 1. The van der Waals surface area contributed by atoms with Gasteiger partial charge in [0.15, 0.2) is 11.5 Å². The zero-order valence-corrected chi connectivity index (χ0v) is 14.2. The summed E-state index contributed by atoms with van der Waals surface area (Å²) in [5, 5.41) is 16.7. The smallest absolute Gasteiger partial charge is 0.282 e. The first kappa shape index (κ1) is 16.9. The molecule has 1 aromatic heterocycles. The maximum atomic E-state index is 12.1. The Kier molecular flexibility index (Phi) is 4.94. The third-order valence-electron chi connectivity index (χ3n) is 3.50. The number of benzene rings is 1. The van der Waals surface area contributed by atoms with Gasteiger partial charge in [0, 0.05) is 10.3 Å². The van der Waals surface area contributed by atoms with Crippen LogP contribution >= 0.6 is 11.3 Å². The molecule has 2 heterocycles. The van der Waals surface area contributed by atoms with E-state index in [1.807, 2.05) is 6.07 Å². The summed E-state index contributed by atoms with van der Waals surface area (Å²) in [5.41, 5.74) is 2.94. The van der Waals surface area contributed by atoms with Crippen molar-refractivity contribution >= 4 is 29.1 Å². The Hall–Kier alpha value is -2.94. The Morgan fingerprint density at radius 3 is 2.88 bits per heavy atom. The minimum absolute atomic E-state index is 0.0159. The Balaban J connectivity index is 1.73. The molecule has 0 aliphatic carbocycles. The Bertz CT molecular complexity index is 846. The highest BCUT2D eigenvalue weighted by atomic mass is 32.1. The highest BCUT2D eigenvalue weighted by Gasteiger charge is 2.22. The van der Waals surface area contributed by atoms with Crippen LogP contribution in [-0.2, 0) is 6.42 Å². The quantitative estimate of drug-likeness (QED) is 0.484. The van der Waals surface area contributed by atoms with E-state index in [2.05, 4.69) is 17.5 Å². The molecule has 8 nitrogen and oxygen atoms in total. The van der Waals surface area contributed by atoms with Gasteiger partial charge < -0.3 is 9.47 Å². The molecule has 0 saturated heterocycles. The summed E-state index contributed by atoms with van der Waals surface area (Å²) in [6, 6.07) is 4.56. The molecule has 0 radical (unpaired) electrons. The standard InChI is InChI=1S/C16H15N3O5S/c1-2-3-12-4-11(8-25-12)16(20)18-17-7-10-5-14-15(24-9-23-14)6-13(10)19(21)22/h4-8H,2-3,9H2,1H3,(H,18,20). The molecule has 0 saturated carbocycles. The van der Waals surface area contributed by atoms with Crippen LogP contribution in [0.25, 0.3) is 0 Å².